The highest BCUT2D eigenvalue weighted by Crippen LogP contribution is 2.37. The lowest BCUT2D eigenvalue weighted by molar-refractivity contribution is 0.0691. The van der Waals surface area contributed by atoms with E-state index in [0.717, 1.165) is 10.9 Å². The van der Waals surface area contributed by atoms with Crippen LogP contribution in [0.3, 0.4) is 0 Å². The molecular weight excluding hydrogens is 372 g/mol. The largest absolute Gasteiger partial charge is 0.489 e. The Morgan fingerprint density at radius 1 is 1.11 bits per heavy atom. The molecule has 0 spiro atoms. The lowest BCUT2D eigenvalue weighted by Crippen LogP contribution is -2.13. The molecule has 1 aromatic heterocycles. The summed E-state index contributed by atoms with van der Waals surface area (Å²) in [5.74, 6) is -1.09. The van der Waals surface area contributed by atoms with Crippen LogP contribution in [-0.2, 0) is 0 Å². The zero-order valence-corrected chi connectivity index (χ0v) is 14.8. The second-order valence-corrected chi connectivity index (χ2v) is 6.51. The number of aromatic nitrogens is 1. The van der Waals surface area contributed by atoms with Crippen molar-refractivity contribution in [2.75, 3.05) is 18.5 Å². The lowest BCUT2D eigenvalue weighted by atomic mass is 10.1. The van der Waals surface area contributed by atoms with E-state index in [9.17, 15) is 14.7 Å². The number of carbonyl (C=O) groups excluding carboxylic acids is 1. The maximum atomic E-state index is 12.6. The van der Waals surface area contributed by atoms with Crippen LogP contribution in [0.25, 0.3) is 10.9 Å². The number of hydrogen-bond donors (Lipinski definition) is 3. The fourth-order valence-corrected chi connectivity index (χ4v) is 3.11. The fraction of sp³-hybridized carbons (Fsp3) is 0.158. The Kier molecular flexibility index (Phi) is 4.37. The molecule has 0 bridgehead atoms. The van der Waals surface area contributed by atoms with Crippen molar-refractivity contribution in [2.24, 2.45) is 0 Å². The van der Waals surface area contributed by atoms with Crippen molar-refractivity contribution in [3.63, 3.8) is 0 Å². The molecule has 4 rings (SSSR count). The van der Waals surface area contributed by atoms with E-state index in [1.54, 1.807) is 30.3 Å². The highest BCUT2D eigenvalue weighted by atomic mass is 35.5. The minimum absolute atomic E-state index is 0.0619. The predicted octanol–water partition coefficient (Wildman–Crippen LogP) is 3.93. The first kappa shape index (κ1) is 17.2. The molecule has 0 atom stereocenters. The molecule has 1 aliphatic rings. The summed E-state index contributed by atoms with van der Waals surface area (Å²) in [6, 6.07) is 9.85. The van der Waals surface area contributed by atoms with Gasteiger partial charge in [-0.15, -0.1) is 0 Å². The number of ether oxygens (including phenoxy) is 2. The van der Waals surface area contributed by atoms with Crippen LogP contribution in [-0.4, -0.2) is 35.2 Å². The first-order valence-corrected chi connectivity index (χ1v) is 8.65. The number of carboxylic acid groups (broad SMARTS) is 1. The Hall–Kier alpha value is -3.19. The Balaban J connectivity index is 1.66. The van der Waals surface area contributed by atoms with Gasteiger partial charge in [-0.1, -0.05) is 11.6 Å². The number of aromatic amines is 1. The molecular formula is C19H15ClN2O5. The summed E-state index contributed by atoms with van der Waals surface area (Å²) in [5.41, 5.74) is 1.34. The van der Waals surface area contributed by atoms with E-state index in [-0.39, 0.29) is 11.3 Å². The number of benzene rings is 2. The maximum Gasteiger partial charge on any atom is 0.339 e. The van der Waals surface area contributed by atoms with Gasteiger partial charge >= 0.3 is 5.97 Å². The topological polar surface area (TPSA) is 101 Å². The summed E-state index contributed by atoms with van der Waals surface area (Å²) in [5, 5.41) is 13.5. The number of H-pyrrole nitrogens is 1. The number of anilines is 1. The van der Waals surface area contributed by atoms with E-state index in [2.05, 4.69) is 10.3 Å². The van der Waals surface area contributed by atoms with E-state index in [0.29, 0.717) is 41.8 Å². The van der Waals surface area contributed by atoms with Gasteiger partial charge in [0, 0.05) is 34.1 Å². The van der Waals surface area contributed by atoms with Gasteiger partial charge in [-0.25, -0.2) is 4.79 Å². The molecule has 0 radical (unpaired) electrons. The second-order valence-electron chi connectivity index (χ2n) is 6.08. The molecule has 3 aromatic rings. The van der Waals surface area contributed by atoms with E-state index >= 15 is 0 Å². The average Bonchev–Trinajstić information content (AvgIpc) is 2.91. The monoisotopic (exact) mass is 386 g/mol. The summed E-state index contributed by atoms with van der Waals surface area (Å²) in [4.78, 5) is 27.2. The van der Waals surface area contributed by atoms with Crippen LogP contribution in [0.5, 0.6) is 11.5 Å². The molecule has 0 fully saturated rings. The van der Waals surface area contributed by atoms with Crippen LogP contribution in [0.2, 0.25) is 5.02 Å². The Morgan fingerprint density at radius 2 is 1.93 bits per heavy atom. The van der Waals surface area contributed by atoms with Crippen molar-refractivity contribution >= 4 is 40.1 Å². The molecule has 27 heavy (non-hydrogen) atoms. The van der Waals surface area contributed by atoms with Crippen molar-refractivity contribution in [2.45, 2.75) is 6.42 Å². The quantitative estimate of drug-likeness (QED) is 0.633. The molecule has 0 saturated carbocycles. The number of hydrogen-bond acceptors (Lipinski definition) is 4. The van der Waals surface area contributed by atoms with E-state index in [1.807, 2.05) is 0 Å². The SMILES string of the molecule is O=C(Nc1cc2c(c(C(=O)O)c1)OCCCO2)c1cc2cc(Cl)ccc2[nH]1. The van der Waals surface area contributed by atoms with Crippen LogP contribution < -0.4 is 14.8 Å². The Labute approximate surface area is 158 Å². The molecule has 0 unspecified atom stereocenters. The molecule has 3 N–H and O–H groups in total. The highest BCUT2D eigenvalue weighted by Gasteiger charge is 2.22. The number of rotatable bonds is 3. The molecule has 2 aromatic carbocycles. The zero-order chi connectivity index (χ0) is 19.0. The number of aromatic carboxylic acids is 1. The third kappa shape index (κ3) is 3.41. The number of amides is 1. The molecule has 2 heterocycles. The molecule has 0 aliphatic carbocycles. The van der Waals surface area contributed by atoms with Gasteiger partial charge in [-0.3, -0.25) is 4.79 Å². The first-order chi connectivity index (χ1) is 13.0. The summed E-state index contributed by atoms with van der Waals surface area (Å²) < 4.78 is 11.1. The molecule has 7 nitrogen and oxygen atoms in total. The summed E-state index contributed by atoms with van der Waals surface area (Å²) in [6.07, 6.45) is 0.646. The Bertz CT molecular complexity index is 1060. The highest BCUT2D eigenvalue weighted by molar-refractivity contribution is 6.31. The number of halogens is 1. The lowest BCUT2D eigenvalue weighted by Gasteiger charge is -2.13. The second kappa shape index (κ2) is 6.85. The third-order valence-electron chi connectivity index (χ3n) is 4.16. The number of carbonyl (C=O) groups is 2. The van der Waals surface area contributed by atoms with E-state index in [1.165, 1.54) is 6.07 Å². The minimum Gasteiger partial charge on any atom is -0.489 e. The standard InChI is InChI=1S/C19H15ClN2O5/c20-11-2-3-14-10(6-11)7-15(22-14)18(23)21-12-8-13(19(24)25)17-16(9-12)26-4-1-5-27-17/h2-3,6-9,22H,1,4-5H2,(H,21,23)(H,24,25). The van der Waals surface area contributed by atoms with Crippen molar-refractivity contribution in [1.29, 1.82) is 0 Å². The first-order valence-electron chi connectivity index (χ1n) is 8.28. The molecule has 8 heteroatoms. The van der Waals surface area contributed by atoms with Crippen LogP contribution in [0.1, 0.15) is 27.3 Å². The van der Waals surface area contributed by atoms with Crippen molar-refractivity contribution < 1.29 is 24.2 Å². The van der Waals surface area contributed by atoms with Crippen molar-refractivity contribution in [1.82, 2.24) is 4.98 Å². The molecule has 0 saturated heterocycles. The number of nitrogens with one attached hydrogen (secondary N) is 2. The van der Waals surface area contributed by atoms with Crippen LogP contribution in [0, 0.1) is 0 Å². The van der Waals surface area contributed by atoms with Crippen LogP contribution >= 0.6 is 11.6 Å². The smallest absolute Gasteiger partial charge is 0.339 e. The van der Waals surface area contributed by atoms with E-state index < -0.39 is 11.9 Å². The fourth-order valence-electron chi connectivity index (χ4n) is 2.93. The van der Waals surface area contributed by atoms with Crippen molar-refractivity contribution in [3.8, 4) is 11.5 Å². The molecule has 1 aliphatic heterocycles. The average molecular weight is 387 g/mol. The van der Waals surface area contributed by atoms with E-state index in [4.69, 9.17) is 21.1 Å². The van der Waals surface area contributed by atoms with Gasteiger partial charge in [0.2, 0.25) is 0 Å². The predicted molar refractivity (Wildman–Crippen MR) is 100 cm³/mol. The molecule has 138 valence electrons. The maximum absolute atomic E-state index is 12.6. The van der Waals surface area contributed by atoms with Gasteiger partial charge in [-0.2, -0.15) is 0 Å². The van der Waals surface area contributed by atoms with Gasteiger partial charge in [0.15, 0.2) is 11.5 Å². The minimum atomic E-state index is -1.16. The van der Waals surface area contributed by atoms with Gasteiger partial charge in [0.05, 0.1) is 13.2 Å². The number of carboxylic acids is 1. The zero-order valence-electron chi connectivity index (χ0n) is 14.0. The van der Waals surface area contributed by atoms with Gasteiger partial charge in [0.25, 0.3) is 5.91 Å². The van der Waals surface area contributed by atoms with Crippen LogP contribution in [0.4, 0.5) is 5.69 Å². The summed E-state index contributed by atoms with van der Waals surface area (Å²) in [7, 11) is 0. The number of fused-ring (bicyclic) bond motifs is 2. The summed E-state index contributed by atoms with van der Waals surface area (Å²) >= 11 is 5.97. The van der Waals surface area contributed by atoms with Gasteiger partial charge in [-0.05, 0) is 30.3 Å². The molecule has 1 amide bonds. The normalized spacial score (nSPS) is 13.2. The summed E-state index contributed by atoms with van der Waals surface area (Å²) in [6.45, 7) is 0.781. The van der Waals surface area contributed by atoms with Gasteiger partial charge < -0.3 is 24.9 Å². The Morgan fingerprint density at radius 3 is 2.74 bits per heavy atom. The third-order valence-corrected chi connectivity index (χ3v) is 4.40. The van der Waals surface area contributed by atoms with Crippen LogP contribution in [0.15, 0.2) is 36.4 Å². The van der Waals surface area contributed by atoms with Crippen molar-refractivity contribution in [3.05, 3.63) is 52.7 Å². The van der Waals surface area contributed by atoms with Gasteiger partial charge in [0.1, 0.15) is 11.3 Å².